The summed E-state index contributed by atoms with van der Waals surface area (Å²) in [6.45, 7) is 9.15. The van der Waals surface area contributed by atoms with Gasteiger partial charge in [0, 0.05) is 34.4 Å². The van der Waals surface area contributed by atoms with Gasteiger partial charge < -0.3 is 5.32 Å². The second kappa shape index (κ2) is 6.77. The van der Waals surface area contributed by atoms with Crippen molar-refractivity contribution >= 4 is 23.4 Å². The molecule has 0 unspecified atom stereocenters. The standard InChI is InChI=1S/C16H20ClN3S/c1-11-8-18-15(19-9-11)21-13-6-5-12(14(17)7-13)10-20-16(2,3)4/h5-9,20H,10H2,1-4H3. The number of halogens is 1. The van der Waals surface area contributed by atoms with Crippen molar-refractivity contribution in [3.8, 4) is 0 Å². The van der Waals surface area contributed by atoms with Gasteiger partial charge in [-0.15, -0.1) is 0 Å². The van der Waals surface area contributed by atoms with Gasteiger partial charge in [-0.2, -0.15) is 0 Å². The Bertz CT molecular complexity index is 606. The van der Waals surface area contributed by atoms with Gasteiger partial charge in [0.25, 0.3) is 0 Å². The molecule has 0 atom stereocenters. The zero-order chi connectivity index (χ0) is 15.5. The summed E-state index contributed by atoms with van der Waals surface area (Å²) in [7, 11) is 0. The first-order chi connectivity index (χ1) is 9.83. The lowest BCUT2D eigenvalue weighted by Gasteiger charge is -2.21. The summed E-state index contributed by atoms with van der Waals surface area (Å²) in [5, 5.41) is 4.94. The van der Waals surface area contributed by atoms with E-state index in [1.165, 1.54) is 11.8 Å². The summed E-state index contributed by atoms with van der Waals surface area (Å²) >= 11 is 7.87. The molecule has 2 rings (SSSR count). The van der Waals surface area contributed by atoms with Crippen LogP contribution >= 0.6 is 23.4 Å². The van der Waals surface area contributed by atoms with Crippen LogP contribution in [0.2, 0.25) is 5.02 Å². The normalized spacial score (nSPS) is 11.7. The first-order valence-corrected chi connectivity index (χ1v) is 8.03. The van der Waals surface area contributed by atoms with E-state index >= 15 is 0 Å². The Kier molecular flexibility index (Phi) is 5.25. The first kappa shape index (κ1) is 16.3. The topological polar surface area (TPSA) is 37.8 Å². The molecule has 1 aromatic carbocycles. The highest BCUT2D eigenvalue weighted by Crippen LogP contribution is 2.28. The van der Waals surface area contributed by atoms with Crippen LogP contribution < -0.4 is 5.32 Å². The van der Waals surface area contributed by atoms with E-state index in [2.05, 4.69) is 48.2 Å². The summed E-state index contributed by atoms with van der Waals surface area (Å²) in [6.07, 6.45) is 3.64. The van der Waals surface area contributed by atoms with E-state index in [9.17, 15) is 0 Å². The maximum atomic E-state index is 6.36. The Morgan fingerprint density at radius 2 is 1.86 bits per heavy atom. The van der Waals surface area contributed by atoms with Crippen LogP contribution in [-0.2, 0) is 6.54 Å². The molecule has 0 radical (unpaired) electrons. The van der Waals surface area contributed by atoms with Crippen LogP contribution in [-0.4, -0.2) is 15.5 Å². The molecule has 0 aliphatic heterocycles. The molecule has 0 saturated heterocycles. The third-order valence-electron chi connectivity index (χ3n) is 2.80. The van der Waals surface area contributed by atoms with Crippen molar-refractivity contribution in [2.75, 3.05) is 0 Å². The highest BCUT2D eigenvalue weighted by atomic mass is 35.5. The minimum absolute atomic E-state index is 0.0759. The quantitative estimate of drug-likeness (QED) is 0.843. The molecule has 1 N–H and O–H groups in total. The molecular weight excluding hydrogens is 302 g/mol. The number of nitrogens with one attached hydrogen (secondary N) is 1. The molecule has 0 aliphatic carbocycles. The summed E-state index contributed by atoms with van der Waals surface area (Å²) in [6, 6.07) is 6.08. The molecule has 0 bridgehead atoms. The summed E-state index contributed by atoms with van der Waals surface area (Å²) in [5.41, 5.74) is 2.23. The van der Waals surface area contributed by atoms with Crippen LogP contribution in [0.25, 0.3) is 0 Å². The van der Waals surface area contributed by atoms with E-state index in [1.807, 2.05) is 25.4 Å². The fourth-order valence-electron chi connectivity index (χ4n) is 1.63. The van der Waals surface area contributed by atoms with Crippen LogP contribution in [0.4, 0.5) is 0 Å². The van der Waals surface area contributed by atoms with Crippen molar-refractivity contribution in [3.63, 3.8) is 0 Å². The molecular formula is C16H20ClN3S. The van der Waals surface area contributed by atoms with Gasteiger partial charge in [0.2, 0.25) is 0 Å². The maximum absolute atomic E-state index is 6.36. The Hall–Kier alpha value is -1.10. The lowest BCUT2D eigenvalue weighted by molar-refractivity contribution is 0.424. The van der Waals surface area contributed by atoms with Gasteiger partial charge in [-0.3, -0.25) is 0 Å². The second-order valence-electron chi connectivity index (χ2n) is 6.00. The van der Waals surface area contributed by atoms with Crippen LogP contribution in [0, 0.1) is 6.92 Å². The zero-order valence-corrected chi connectivity index (χ0v) is 14.3. The molecule has 1 heterocycles. The van der Waals surface area contributed by atoms with Gasteiger partial charge in [-0.1, -0.05) is 17.7 Å². The molecule has 0 amide bonds. The molecule has 112 valence electrons. The van der Waals surface area contributed by atoms with Gasteiger partial charge in [-0.25, -0.2) is 9.97 Å². The van der Waals surface area contributed by atoms with E-state index < -0.39 is 0 Å². The molecule has 2 aromatic rings. The van der Waals surface area contributed by atoms with Crippen LogP contribution in [0.15, 0.2) is 40.6 Å². The molecule has 5 heteroatoms. The van der Waals surface area contributed by atoms with E-state index in [-0.39, 0.29) is 5.54 Å². The Morgan fingerprint density at radius 3 is 2.43 bits per heavy atom. The van der Waals surface area contributed by atoms with Crippen molar-refractivity contribution in [3.05, 3.63) is 46.7 Å². The minimum atomic E-state index is 0.0759. The van der Waals surface area contributed by atoms with Gasteiger partial charge in [0.1, 0.15) is 0 Å². The predicted molar refractivity (Wildman–Crippen MR) is 88.9 cm³/mol. The SMILES string of the molecule is Cc1cnc(Sc2ccc(CNC(C)(C)C)c(Cl)c2)nc1. The molecule has 0 saturated carbocycles. The first-order valence-electron chi connectivity index (χ1n) is 6.83. The number of benzene rings is 1. The van der Waals surface area contributed by atoms with Crippen molar-refractivity contribution in [2.24, 2.45) is 0 Å². The Morgan fingerprint density at radius 1 is 1.19 bits per heavy atom. The number of aryl methyl sites for hydroxylation is 1. The van der Waals surface area contributed by atoms with Crippen LogP contribution in [0.3, 0.4) is 0 Å². The fraction of sp³-hybridized carbons (Fsp3) is 0.375. The van der Waals surface area contributed by atoms with E-state index in [0.29, 0.717) is 0 Å². The summed E-state index contributed by atoms with van der Waals surface area (Å²) in [4.78, 5) is 9.63. The maximum Gasteiger partial charge on any atom is 0.192 e. The summed E-state index contributed by atoms with van der Waals surface area (Å²) in [5.74, 6) is 0. The van der Waals surface area contributed by atoms with E-state index in [1.54, 1.807) is 0 Å². The number of hydrogen-bond acceptors (Lipinski definition) is 4. The largest absolute Gasteiger partial charge is 0.308 e. The molecule has 3 nitrogen and oxygen atoms in total. The Labute approximate surface area is 135 Å². The molecule has 0 aliphatic rings. The van der Waals surface area contributed by atoms with Gasteiger partial charge in [0.05, 0.1) is 0 Å². The molecule has 0 spiro atoms. The van der Waals surface area contributed by atoms with Gasteiger partial charge in [-0.05, 0) is 62.7 Å². The third-order valence-corrected chi connectivity index (χ3v) is 4.03. The lowest BCUT2D eigenvalue weighted by atomic mass is 10.1. The number of rotatable bonds is 4. The van der Waals surface area contributed by atoms with Gasteiger partial charge in [0.15, 0.2) is 5.16 Å². The second-order valence-corrected chi connectivity index (χ2v) is 7.45. The Balaban J connectivity index is 2.06. The van der Waals surface area contributed by atoms with Gasteiger partial charge >= 0.3 is 0 Å². The van der Waals surface area contributed by atoms with Crippen molar-refractivity contribution < 1.29 is 0 Å². The third kappa shape index (κ3) is 5.30. The summed E-state index contributed by atoms with van der Waals surface area (Å²) < 4.78 is 0. The predicted octanol–water partition coefficient (Wildman–Crippen LogP) is 4.48. The molecule has 1 aromatic heterocycles. The highest BCUT2D eigenvalue weighted by Gasteiger charge is 2.10. The minimum Gasteiger partial charge on any atom is -0.308 e. The number of aromatic nitrogens is 2. The van der Waals surface area contributed by atoms with Crippen LogP contribution in [0.1, 0.15) is 31.9 Å². The smallest absolute Gasteiger partial charge is 0.192 e. The van der Waals surface area contributed by atoms with Crippen molar-refractivity contribution in [1.82, 2.24) is 15.3 Å². The van der Waals surface area contributed by atoms with Crippen molar-refractivity contribution in [1.29, 1.82) is 0 Å². The number of nitrogens with zero attached hydrogens (tertiary/aromatic N) is 2. The fourth-order valence-corrected chi connectivity index (χ4v) is 2.68. The highest BCUT2D eigenvalue weighted by molar-refractivity contribution is 7.99. The van der Waals surface area contributed by atoms with Crippen LogP contribution in [0.5, 0.6) is 0 Å². The van der Waals surface area contributed by atoms with E-state index in [0.717, 1.165) is 32.7 Å². The lowest BCUT2D eigenvalue weighted by Crippen LogP contribution is -2.35. The van der Waals surface area contributed by atoms with Crippen molar-refractivity contribution in [2.45, 2.75) is 49.8 Å². The zero-order valence-electron chi connectivity index (χ0n) is 12.8. The number of hydrogen-bond donors (Lipinski definition) is 1. The monoisotopic (exact) mass is 321 g/mol. The average molecular weight is 322 g/mol. The molecule has 0 fully saturated rings. The average Bonchev–Trinajstić information content (AvgIpc) is 2.39. The molecule has 21 heavy (non-hydrogen) atoms. The van der Waals surface area contributed by atoms with E-state index in [4.69, 9.17) is 11.6 Å².